The van der Waals surface area contributed by atoms with Crippen LogP contribution in [-0.2, 0) is 0 Å². The Morgan fingerprint density at radius 2 is 1.28 bits per heavy atom. The van der Waals surface area contributed by atoms with E-state index in [1.807, 2.05) is 0 Å². The second-order valence-corrected chi connectivity index (χ2v) is 6.57. The molecular weight excluding hydrogens is 376 g/mol. The van der Waals surface area contributed by atoms with Gasteiger partial charge in [0.1, 0.15) is 28.6 Å². The lowest BCUT2D eigenvalue weighted by Gasteiger charge is -2.17. The molecule has 29 heavy (non-hydrogen) atoms. The number of benzene rings is 3. The monoisotopic (exact) mass is 392 g/mol. The maximum Gasteiger partial charge on any atom is 0.322 e. The van der Waals surface area contributed by atoms with Crippen molar-refractivity contribution in [3.63, 3.8) is 0 Å². The fraction of sp³-hybridized carbons (Fsp3) is 0.0476. The Morgan fingerprint density at radius 3 is 1.79 bits per heavy atom. The number of phenols is 4. The van der Waals surface area contributed by atoms with E-state index in [-0.39, 0.29) is 11.5 Å². The molecule has 3 aromatic carbocycles. The van der Waals surface area contributed by atoms with Crippen LogP contribution in [0.2, 0.25) is 0 Å². The van der Waals surface area contributed by atoms with Crippen molar-refractivity contribution in [1.29, 1.82) is 0 Å². The van der Waals surface area contributed by atoms with Crippen molar-refractivity contribution in [2.24, 2.45) is 0 Å². The van der Waals surface area contributed by atoms with Crippen LogP contribution >= 0.6 is 0 Å². The van der Waals surface area contributed by atoms with Gasteiger partial charge in [-0.3, -0.25) is 10.1 Å². The van der Waals surface area contributed by atoms with Crippen molar-refractivity contribution in [3.05, 3.63) is 71.3 Å². The highest BCUT2D eigenvalue weighted by atomic mass is 16.3. The first-order valence-corrected chi connectivity index (χ1v) is 8.64. The molecule has 3 amide bonds. The smallest absolute Gasteiger partial charge is 0.322 e. The predicted molar refractivity (Wildman–Crippen MR) is 103 cm³/mol. The van der Waals surface area contributed by atoms with E-state index in [4.69, 9.17) is 0 Å². The second-order valence-electron chi connectivity index (χ2n) is 6.57. The molecule has 0 radical (unpaired) electrons. The van der Waals surface area contributed by atoms with Gasteiger partial charge in [-0.1, -0.05) is 18.2 Å². The topological polar surface area (TPSA) is 139 Å². The van der Waals surface area contributed by atoms with E-state index in [0.717, 1.165) is 11.1 Å². The third-order valence-electron chi connectivity index (χ3n) is 4.73. The van der Waals surface area contributed by atoms with Gasteiger partial charge in [0.25, 0.3) is 5.91 Å². The molecule has 6 N–H and O–H groups in total. The fourth-order valence-corrected chi connectivity index (χ4v) is 3.49. The molecule has 0 heterocycles. The van der Waals surface area contributed by atoms with Crippen molar-refractivity contribution >= 4 is 11.9 Å². The summed E-state index contributed by atoms with van der Waals surface area (Å²) in [6, 6.07) is 11.6. The molecule has 0 atom stereocenters. The molecule has 0 saturated heterocycles. The number of rotatable bonds is 2. The van der Waals surface area contributed by atoms with Gasteiger partial charge in [-0.2, -0.15) is 0 Å². The van der Waals surface area contributed by atoms with Gasteiger partial charge in [-0.15, -0.1) is 0 Å². The molecule has 3 aromatic rings. The van der Waals surface area contributed by atoms with Gasteiger partial charge in [0, 0.05) is 0 Å². The number of hydrogen-bond donors (Lipinski definition) is 6. The number of carbonyl (C=O) groups excluding carboxylic acids is 2. The molecule has 8 heteroatoms. The van der Waals surface area contributed by atoms with Crippen molar-refractivity contribution in [2.45, 2.75) is 6.04 Å². The summed E-state index contributed by atoms with van der Waals surface area (Å²) in [5.41, 5.74) is 2.31. The zero-order valence-corrected chi connectivity index (χ0v) is 14.9. The number of aromatic hydroxyl groups is 4. The number of nitrogens with one attached hydrogen (secondary N) is 2. The van der Waals surface area contributed by atoms with Gasteiger partial charge in [-0.25, -0.2) is 4.79 Å². The van der Waals surface area contributed by atoms with E-state index in [1.165, 1.54) is 42.5 Å². The first kappa shape index (κ1) is 18.2. The van der Waals surface area contributed by atoms with Gasteiger partial charge < -0.3 is 25.7 Å². The molecule has 1 aliphatic carbocycles. The van der Waals surface area contributed by atoms with Crippen LogP contribution in [-0.4, -0.2) is 32.4 Å². The zero-order chi connectivity index (χ0) is 20.7. The molecule has 4 rings (SSSR count). The van der Waals surface area contributed by atoms with E-state index in [9.17, 15) is 30.0 Å². The van der Waals surface area contributed by atoms with Crippen molar-refractivity contribution in [3.8, 4) is 34.1 Å². The highest BCUT2D eigenvalue weighted by Gasteiger charge is 2.31. The third kappa shape index (κ3) is 3.16. The lowest BCUT2D eigenvalue weighted by atomic mass is 10.1. The molecule has 0 aromatic heterocycles. The first-order chi connectivity index (χ1) is 13.8. The van der Waals surface area contributed by atoms with Gasteiger partial charge in [0.15, 0.2) is 0 Å². The number of phenolic OH excluding ortho intramolecular Hbond substituents is 4. The van der Waals surface area contributed by atoms with Crippen molar-refractivity contribution in [2.75, 3.05) is 0 Å². The summed E-state index contributed by atoms with van der Waals surface area (Å²) in [7, 11) is 0. The molecule has 0 spiro atoms. The van der Waals surface area contributed by atoms with Crippen LogP contribution in [0.15, 0.2) is 54.6 Å². The Balaban J connectivity index is 1.62. The summed E-state index contributed by atoms with van der Waals surface area (Å²) in [5, 5.41) is 43.9. The highest BCUT2D eigenvalue weighted by Crippen LogP contribution is 2.45. The number of urea groups is 1. The summed E-state index contributed by atoms with van der Waals surface area (Å²) in [6.45, 7) is 0. The van der Waals surface area contributed by atoms with E-state index in [1.54, 1.807) is 12.1 Å². The van der Waals surface area contributed by atoms with Crippen molar-refractivity contribution in [1.82, 2.24) is 10.6 Å². The van der Waals surface area contributed by atoms with Gasteiger partial charge >= 0.3 is 6.03 Å². The summed E-state index contributed by atoms with van der Waals surface area (Å²) in [4.78, 5) is 24.8. The second kappa shape index (κ2) is 6.75. The van der Waals surface area contributed by atoms with E-state index >= 15 is 0 Å². The zero-order valence-electron chi connectivity index (χ0n) is 14.9. The van der Waals surface area contributed by atoms with E-state index in [0.29, 0.717) is 11.1 Å². The van der Waals surface area contributed by atoms with Crippen LogP contribution < -0.4 is 10.6 Å². The van der Waals surface area contributed by atoms with Crippen LogP contribution in [0.4, 0.5) is 4.79 Å². The average Bonchev–Trinajstić information content (AvgIpc) is 2.93. The Kier molecular flexibility index (Phi) is 4.23. The summed E-state index contributed by atoms with van der Waals surface area (Å²) < 4.78 is 0. The molecular formula is C21H16N2O6. The molecule has 8 nitrogen and oxygen atoms in total. The number of amides is 3. The lowest BCUT2D eigenvalue weighted by molar-refractivity contribution is 0.0958. The minimum Gasteiger partial charge on any atom is -0.508 e. The van der Waals surface area contributed by atoms with Crippen LogP contribution in [0.1, 0.15) is 27.5 Å². The molecule has 146 valence electrons. The molecule has 1 aliphatic rings. The Hall–Kier alpha value is -4.20. The first-order valence-electron chi connectivity index (χ1n) is 8.64. The van der Waals surface area contributed by atoms with Crippen LogP contribution in [0, 0.1) is 0 Å². The average molecular weight is 392 g/mol. The minimum atomic E-state index is -0.983. The number of hydrogen-bond acceptors (Lipinski definition) is 6. The van der Waals surface area contributed by atoms with Gasteiger partial charge in [-0.05, 0) is 58.7 Å². The number of carbonyl (C=O) groups is 2. The van der Waals surface area contributed by atoms with Crippen molar-refractivity contribution < 1.29 is 30.0 Å². The standard InChI is InChI=1S/C21H16N2O6/c24-10-4-6-12-13-7-5-11(25)9-15(13)19(14(12)8-10)22-21(29)23-20(28)18-16(26)2-1-3-17(18)27/h1-9,19,24-27H,(H2,22,23,28,29). The molecule has 0 aliphatic heterocycles. The van der Waals surface area contributed by atoms with Crippen LogP contribution in [0.25, 0.3) is 11.1 Å². The summed E-state index contributed by atoms with van der Waals surface area (Å²) in [5.74, 6) is -1.92. The van der Waals surface area contributed by atoms with E-state index in [2.05, 4.69) is 10.6 Å². The largest absolute Gasteiger partial charge is 0.508 e. The third-order valence-corrected chi connectivity index (χ3v) is 4.73. The maximum absolute atomic E-state index is 12.5. The van der Waals surface area contributed by atoms with Crippen LogP contribution in [0.5, 0.6) is 23.0 Å². The molecule has 0 unspecified atom stereocenters. The molecule has 0 bridgehead atoms. The Labute approximate surface area is 164 Å². The summed E-state index contributed by atoms with van der Waals surface area (Å²) >= 11 is 0. The van der Waals surface area contributed by atoms with Crippen LogP contribution in [0.3, 0.4) is 0 Å². The highest BCUT2D eigenvalue weighted by molar-refractivity contribution is 6.07. The lowest BCUT2D eigenvalue weighted by Crippen LogP contribution is -2.41. The maximum atomic E-state index is 12.5. The molecule has 0 saturated carbocycles. The molecule has 0 fully saturated rings. The van der Waals surface area contributed by atoms with Gasteiger partial charge in [0.05, 0.1) is 6.04 Å². The SMILES string of the molecule is O=C(NC(=O)c1c(O)cccc1O)NC1c2cc(O)ccc2-c2ccc(O)cc21. The quantitative estimate of drug-likeness (QED) is 0.396. The number of fused-ring (bicyclic) bond motifs is 3. The predicted octanol–water partition coefficient (Wildman–Crippen LogP) is 2.72. The minimum absolute atomic E-state index is 0.00296. The Morgan fingerprint density at radius 1 is 0.759 bits per heavy atom. The fourth-order valence-electron chi connectivity index (χ4n) is 3.49. The summed E-state index contributed by atoms with van der Waals surface area (Å²) in [6.07, 6.45) is 0. The normalized spacial score (nSPS) is 12.1. The number of imide groups is 1. The van der Waals surface area contributed by atoms with Gasteiger partial charge in [0.2, 0.25) is 0 Å². The Bertz CT molecular complexity index is 1090. The van der Waals surface area contributed by atoms with E-state index < -0.39 is 35.0 Å².